The zero-order valence-corrected chi connectivity index (χ0v) is 6.66. The monoisotopic (exact) mass is 205 g/mol. The summed E-state index contributed by atoms with van der Waals surface area (Å²) < 4.78 is 24.5. The molecule has 0 unspecified atom stereocenters. The average molecular weight is 205 g/mol. The van der Waals surface area contributed by atoms with Gasteiger partial charge in [-0.3, -0.25) is 14.9 Å². The Morgan fingerprint density at radius 1 is 1.57 bits per heavy atom. The molecule has 8 heteroatoms. The summed E-state index contributed by atoms with van der Waals surface area (Å²) in [6, 6.07) is 0.470. The Bertz CT molecular complexity index is 429. The molecule has 3 N–H and O–H groups in total. The van der Waals surface area contributed by atoms with Crippen LogP contribution in [-0.2, 0) is 0 Å². The minimum absolute atomic E-state index is 0.470. The van der Waals surface area contributed by atoms with Gasteiger partial charge >= 0.3 is 0 Å². The highest BCUT2D eigenvalue weighted by atomic mass is 19.3. The molecule has 0 aromatic carbocycles. The van der Waals surface area contributed by atoms with Crippen LogP contribution in [0, 0.1) is 10.1 Å². The molecule has 0 atom stereocenters. The minimum atomic E-state index is -3.10. The second kappa shape index (κ2) is 3.40. The third-order valence-corrected chi connectivity index (χ3v) is 1.51. The predicted molar refractivity (Wildman–Crippen MR) is 43.1 cm³/mol. The van der Waals surface area contributed by atoms with Crippen LogP contribution in [0.15, 0.2) is 10.9 Å². The summed E-state index contributed by atoms with van der Waals surface area (Å²) in [6.45, 7) is 0. The fraction of sp³-hybridized carbons (Fsp3) is 0.167. The second-order valence-corrected chi connectivity index (χ2v) is 2.40. The van der Waals surface area contributed by atoms with Gasteiger partial charge in [0, 0.05) is 0 Å². The lowest BCUT2D eigenvalue weighted by Gasteiger charge is -2.03. The number of aromatic amines is 1. The van der Waals surface area contributed by atoms with E-state index in [4.69, 9.17) is 5.73 Å². The molecule has 76 valence electrons. The summed E-state index contributed by atoms with van der Waals surface area (Å²) >= 11 is 0. The molecule has 0 radical (unpaired) electrons. The van der Waals surface area contributed by atoms with E-state index in [2.05, 4.69) is 0 Å². The van der Waals surface area contributed by atoms with Gasteiger partial charge in [0.05, 0.1) is 11.0 Å². The maximum Gasteiger partial charge on any atom is 0.287 e. The molecule has 1 heterocycles. The number of nitrogens with two attached hydrogens (primary N) is 1. The smallest absolute Gasteiger partial charge is 0.287 e. The summed E-state index contributed by atoms with van der Waals surface area (Å²) in [6.07, 6.45) is -3.10. The fourth-order valence-electron chi connectivity index (χ4n) is 0.956. The minimum Gasteiger partial charge on any atom is -0.385 e. The van der Waals surface area contributed by atoms with Crippen LogP contribution in [0.25, 0.3) is 0 Å². The number of nitrogen functional groups attached to an aromatic ring is 1. The van der Waals surface area contributed by atoms with E-state index in [1.165, 1.54) is 0 Å². The number of pyridine rings is 1. The number of rotatable bonds is 2. The van der Waals surface area contributed by atoms with E-state index in [1.54, 1.807) is 0 Å². The number of nitro groups is 1. The SMILES string of the molecule is Nc1[nH]c(=O)cc([N+](=O)[O-])c1C(F)F. The highest BCUT2D eigenvalue weighted by Crippen LogP contribution is 2.30. The lowest BCUT2D eigenvalue weighted by Crippen LogP contribution is -2.13. The van der Waals surface area contributed by atoms with Crippen LogP contribution in [0.4, 0.5) is 20.3 Å². The third kappa shape index (κ3) is 1.68. The van der Waals surface area contributed by atoms with Crippen molar-refractivity contribution in [1.29, 1.82) is 0 Å². The van der Waals surface area contributed by atoms with Gasteiger partial charge in [-0.1, -0.05) is 0 Å². The molecule has 0 spiro atoms. The Hall–Kier alpha value is -1.99. The van der Waals surface area contributed by atoms with Gasteiger partial charge in [-0.15, -0.1) is 0 Å². The van der Waals surface area contributed by atoms with Gasteiger partial charge in [0.1, 0.15) is 11.4 Å². The number of nitrogens with zero attached hydrogens (tertiary/aromatic N) is 1. The summed E-state index contributed by atoms with van der Waals surface area (Å²) in [5, 5.41) is 10.3. The Morgan fingerprint density at radius 3 is 2.57 bits per heavy atom. The number of nitrogens with one attached hydrogen (secondary N) is 1. The Balaban J connectivity index is 3.52. The summed E-state index contributed by atoms with van der Waals surface area (Å²) in [5.41, 5.74) is 2.20. The molecule has 14 heavy (non-hydrogen) atoms. The predicted octanol–water partition coefficient (Wildman–Crippen LogP) is 0.803. The number of hydrogen-bond acceptors (Lipinski definition) is 4. The van der Waals surface area contributed by atoms with E-state index >= 15 is 0 Å². The molecule has 6 nitrogen and oxygen atoms in total. The molecule has 0 aliphatic rings. The van der Waals surface area contributed by atoms with Crippen LogP contribution in [0.5, 0.6) is 0 Å². The Morgan fingerprint density at radius 2 is 2.14 bits per heavy atom. The molecular formula is C6H5F2N3O3. The van der Waals surface area contributed by atoms with Crippen LogP contribution in [0.2, 0.25) is 0 Å². The van der Waals surface area contributed by atoms with Crippen molar-refractivity contribution in [3.8, 4) is 0 Å². The molecule has 0 fully saturated rings. The second-order valence-electron chi connectivity index (χ2n) is 2.40. The van der Waals surface area contributed by atoms with Crippen molar-refractivity contribution in [3.63, 3.8) is 0 Å². The van der Waals surface area contributed by atoms with Gasteiger partial charge in [0.15, 0.2) is 0 Å². The Kier molecular flexibility index (Phi) is 2.45. The first kappa shape index (κ1) is 10.1. The molecule has 0 saturated heterocycles. The van der Waals surface area contributed by atoms with Gasteiger partial charge in [-0.25, -0.2) is 8.78 Å². The number of H-pyrrole nitrogens is 1. The normalized spacial score (nSPS) is 10.5. The van der Waals surface area contributed by atoms with Crippen molar-refractivity contribution in [3.05, 3.63) is 32.1 Å². The first-order valence-corrected chi connectivity index (χ1v) is 3.38. The first-order valence-electron chi connectivity index (χ1n) is 3.38. The topological polar surface area (TPSA) is 102 Å². The average Bonchev–Trinajstić information content (AvgIpc) is 2.01. The third-order valence-electron chi connectivity index (χ3n) is 1.51. The maximum atomic E-state index is 12.3. The van der Waals surface area contributed by atoms with Gasteiger partial charge in [0.25, 0.3) is 17.7 Å². The van der Waals surface area contributed by atoms with E-state index < -0.39 is 34.0 Å². The van der Waals surface area contributed by atoms with E-state index in [0.717, 1.165) is 0 Å². The van der Waals surface area contributed by atoms with Gasteiger partial charge in [-0.05, 0) is 0 Å². The van der Waals surface area contributed by atoms with Crippen LogP contribution in [0.3, 0.4) is 0 Å². The molecule has 1 rings (SSSR count). The summed E-state index contributed by atoms with van der Waals surface area (Å²) in [5.74, 6) is -0.681. The lowest BCUT2D eigenvalue weighted by molar-refractivity contribution is -0.386. The first-order chi connectivity index (χ1) is 6.43. The van der Waals surface area contributed by atoms with Crippen molar-refractivity contribution in [2.75, 3.05) is 5.73 Å². The molecule has 1 aromatic heterocycles. The number of hydrogen-bond donors (Lipinski definition) is 2. The number of halogens is 2. The van der Waals surface area contributed by atoms with E-state index in [-0.39, 0.29) is 0 Å². The summed E-state index contributed by atoms with van der Waals surface area (Å²) in [4.78, 5) is 21.8. The number of anilines is 1. The number of alkyl halides is 2. The van der Waals surface area contributed by atoms with E-state index in [9.17, 15) is 23.7 Å². The lowest BCUT2D eigenvalue weighted by atomic mass is 10.2. The largest absolute Gasteiger partial charge is 0.385 e. The van der Waals surface area contributed by atoms with Crippen molar-refractivity contribution in [2.24, 2.45) is 0 Å². The van der Waals surface area contributed by atoms with Crippen LogP contribution < -0.4 is 11.3 Å². The number of aromatic nitrogens is 1. The summed E-state index contributed by atoms with van der Waals surface area (Å²) in [7, 11) is 0. The molecule has 1 aromatic rings. The zero-order chi connectivity index (χ0) is 10.9. The van der Waals surface area contributed by atoms with E-state index in [0.29, 0.717) is 6.07 Å². The molecule has 0 amide bonds. The highest BCUT2D eigenvalue weighted by Gasteiger charge is 2.25. The zero-order valence-electron chi connectivity index (χ0n) is 6.66. The quantitative estimate of drug-likeness (QED) is 0.550. The van der Waals surface area contributed by atoms with Gasteiger partial charge < -0.3 is 10.7 Å². The Labute approximate surface area is 75.5 Å². The van der Waals surface area contributed by atoms with E-state index in [1.807, 2.05) is 4.98 Å². The van der Waals surface area contributed by atoms with Crippen molar-refractivity contribution in [1.82, 2.24) is 4.98 Å². The fourth-order valence-corrected chi connectivity index (χ4v) is 0.956. The van der Waals surface area contributed by atoms with Gasteiger partial charge in [-0.2, -0.15) is 0 Å². The van der Waals surface area contributed by atoms with Crippen molar-refractivity contribution >= 4 is 11.5 Å². The molecule has 0 bridgehead atoms. The molecular weight excluding hydrogens is 200 g/mol. The van der Waals surface area contributed by atoms with Crippen LogP contribution >= 0.6 is 0 Å². The standard InChI is InChI=1S/C6H5F2N3O3/c7-5(8)4-2(11(13)14)1-3(12)10-6(4)9/h1,5H,(H3,9,10,12). The highest BCUT2D eigenvalue weighted by molar-refractivity contribution is 5.53. The van der Waals surface area contributed by atoms with Crippen molar-refractivity contribution < 1.29 is 13.7 Å². The van der Waals surface area contributed by atoms with Crippen LogP contribution in [0.1, 0.15) is 12.0 Å². The van der Waals surface area contributed by atoms with Crippen molar-refractivity contribution in [2.45, 2.75) is 6.43 Å². The van der Waals surface area contributed by atoms with Gasteiger partial charge in [0.2, 0.25) is 0 Å². The maximum absolute atomic E-state index is 12.3. The van der Waals surface area contributed by atoms with Crippen LogP contribution in [-0.4, -0.2) is 9.91 Å². The molecule has 0 aliphatic heterocycles. The molecule has 0 saturated carbocycles. The molecule has 0 aliphatic carbocycles.